The minimum atomic E-state index is -0.313. The molecule has 1 N–H and O–H groups in total. The van der Waals surface area contributed by atoms with Crippen molar-refractivity contribution in [1.29, 1.82) is 0 Å². The van der Waals surface area contributed by atoms with Crippen molar-refractivity contribution in [2.45, 2.75) is 32.7 Å². The smallest absolute Gasteiger partial charge is 0.350 e. The van der Waals surface area contributed by atoms with Gasteiger partial charge in [0.25, 0.3) is 0 Å². The zero-order valence-corrected chi connectivity index (χ0v) is 13.5. The minimum Gasteiger partial charge on any atom is -0.465 e. The van der Waals surface area contributed by atoms with Crippen molar-refractivity contribution in [1.82, 2.24) is 0 Å². The Hall–Kier alpha value is -1.51. The number of hydrogen-bond acceptors (Lipinski definition) is 5. The quantitative estimate of drug-likeness (QED) is 0.688. The van der Waals surface area contributed by atoms with Crippen molar-refractivity contribution in [3.05, 3.63) is 15.8 Å². The fourth-order valence-electron chi connectivity index (χ4n) is 2.08. The van der Waals surface area contributed by atoms with Crippen LogP contribution < -0.4 is 5.32 Å². The second-order valence-corrected chi connectivity index (χ2v) is 6.35. The van der Waals surface area contributed by atoms with Crippen molar-refractivity contribution in [3.63, 3.8) is 0 Å². The number of methoxy groups -OCH3 is 1. The van der Waals surface area contributed by atoms with Gasteiger partial charge >= 0.3 is 5.97 Å². The highest BCUT2D eigenvalue weighted by Crippen LogP contribution is 2.29. The lowest BCUT2D eigenvalue weighted by Crippen LogP contribution is -2.28. The van der Waals surface area contributed by atoms with Crippen molar-refractivity contribution in [3.8, 4) is 11.8 Å². The highest BCUT2D eigenvalue weighted by Gasteiger charge is 2.20. The van der Waals surface area contributed by atoms with E-state index in [1.165, 1.54) is 18.4 Å². The van der Waals surface area contributed by atoms with Gasteiger partial charge in [-0.1, -0.05) is 25.7 Å². The van der Waals surface area contributed by atoms with E-state index in [1.807, 2.05) is 19.9 Å². The molecule has 2 heterocycles. The number of ether oxygens (including phenoxy) is 2. The fourth-order valence-corrected chi connectivity index (χ4v) is 2.98. The lowest BCUT2D eigenvalue weighted by Gasteiger charge is -2.23. The average Bonchev–Trinajstić information content (AvgIpc) is 2.88. The molecule has 21 heavy (non-hydrogen) atoms. The summed E-state index contributed by atoms with van der Waals surface area (Å²) in [4.78, 5) is 13.4. The van der Waals surface area contributed by atoms with Crippen molar-refractivity contribution in [2.75, 3.05) is 25.6 Å². The molecule has 5 heteroatoms. The van der Waals surface area contributed by atoms with Gasteiger partial charge in [0.15, 0.2) is 0 Å². The number of nitrogens with one attached hydrogen (secondary N) is 1. The van der Waals surface area contributed by atoms with Crippen LogP contribution in [-0.2, 0) is 9.47 Å². The number of carbonyl (C=O) groups excluding carboxylic acids is 1. The molecular formula is C16H21NO3S. The molecule has 0 bridgehead atoms. The maximum Gasteiger partial charge on any atom is 0.350 e. The number of anilines is 1. The Morgan fingerprint density at radius 3 is 2.81 bits per heavy atom. The molecule has 0 aromatic carbocycles. The molecule has 0 aliphatic carbocycles. The summed E-state index contributed by atoms with van der Waals surface area (Å²) in [5, 5.41) is 3.43. The molecule has 1 aliphatic heterocycles. The Kier molecular flexibility index (Phi) is 5.66. The standard InChI is InChI=1S/C16H21NO3S/c1-11(2)4-5-13-10-14(15(21-13)16(18)19-3)17-12-6-8-20-9-7-12/h10-12,17H,6-9H2,1-3H3. The van der Waals surface area contributed by atoms with Crippen LogP contribution in [0.4, 0.5) is 5.69 Å². The number of carbonyl (C=O) groups is 1. The molecule has 0 spiro atoms. The van der Waals surface area contributed by atoms with Crippen LogP contribution in [0.5, 0.6) is 0 Å². The van der Waals surface area contributed by atoms with Crippen LogP contribution in [0.15, 0.2) is 6.07 Å². The molecule has 2 rings (SSSR count). The first kappa shape index (κ1) is 15.9. The predicted molar refractivity (Wildman–Crippen MR) is 84.8 cm³/mol. The SMILES string of the molecule is COC(=O)c1sc(C#CC(C)C)cc1NC1CCOCC1. The van der Waals surface area contributed by atoms with Gasteiger partial charge in [0, 0.05) is 25.2 Å². The van der Waals surface area contributed by atoms with Gasteiger partial charge in [-0.2, -0.15) is 0 Å². The van der Waals surface area contributed by atoms with Gasteiger partial charge in [-0.3, -0.25) is 0 Å². The van der Waals surface area contributed by atoms with E-state index in [0.29, 0.717) is 16.8 Å². The fraction of sp³-hybridized carbons (Fsp3) is 0.562. The molecule has 0 atom stereocenters. The molecule has 0 saturated carbocycles. The third kappa shape index (κ3) is 4.48. The number of esters is 1. The summed E-state index contributed by atoms with van der Waals surface area (Å²) < 4.78 is 10.2. The molecule has 1 fully saturated rings. The van der Waals surface area contributed by atoms with Crippen LogP contribution in [-0.4, -0.2) is 32.3 Å². The lowest BCUT2D eigenvalue weighted by molar-refractivity contribution is 0.0607. The highest BCUT2D eigenvalue weighted by molar-refractivity contribution is 7.15. The summed E-state index contributed by atoms with van der Waals surface area (Å²) >= 11 is 1.38. The highest BCUT2D eigenvalue weighted by atomic mass is 32.1. The van der Waals surface area contributed by atoms with Gasteiger partial charge in [0.1, 0.15) is 4.88 Å². The summed E-state index contributed by atoms with van der Waals surface area (Å²) in [6, 6.07) is 2.28. The largest absolute Gasteiger partial charge is 0.465 e. The van der Waals surface area contributed by atoms with E-state index in [9.17, 15) is 4.79 Å². The molecular weight excluding hydrogens is 286 g/mol. The van der Waals surface area contributed by atoms with Gasteiger partial charge < -0.3 is 14.8 Å². The number of thiophene rings is 1. The summed E-state index contributed by atoms with van der Waals surface area (Å²) in [5.74, 6) is 6.23. The van der Waals surface area contributed by atoms with Gasteiger partial charge in [-0.15, -0.1) is 11.3 Å². The van der Waals surface area contributed by atoms with Crippen LogP contribution in [0.3, 0.4) is 0 Å². The van der Waals surface area contributed by atoms with E-state index >= 15 is 0 Å². The molecule has 0 radical (unpaired) electrons. The topological polar surface area (TPSA) is 47.6 Å². The zero-order valence-electron chi connectivity index (χ0n) is 12.7. The van der Waals surface area contributed by atoms with E-state index < -0.39 is 0 Å². The third-order valence-corrected chi connectivity index (χ3v) is 4.20. The van der Waals surface area contributed by atoms with Crippen LogP contribution in [0, 0.1) is 17.8 Å². The minimum absolute atomic E-state index is 0.306. The molecule has 1 aliphatic rings. The molecule has 1 saturated heterocycles. The maximum absolute atomic E-state index is 11.9. The summed E-state index contributed by atoms with van der Waals surface area (Å²) in [5.41, 5.74) is 0.826. The molecule has 114 valence electrons. The average molecular weight is 307 g/mol. The lowest BCUT2D eigenvalue weighted by atomic mass is 10.1. The van der Waals surface area contributed by atoms with Crippen molar-refractivity contribution in [2.24, 2.45) is 5.92 Å². The first-order valence-electron chi connectivity index (χ1n) is 7.18. The Morgan fingerprint density at radius 2 is 2.19 bits per heavy atom. The first-order valence-corrected chi connectivity index (χ1v) is 7.99. The van der Waals surface area contributed by atoms with E-state index in [1.54, 1.807) is 0 Å². The molecule has 0 unspecified atom stereocenters. The Labute approximate surface area is 129 Å². The first-order chi connectivity index (χ1) is 10.1. The van der Waals surface area contributed by atoms with Gasteiger partial charge in [-0.05, 0) is 18.9 Å². The van der Waals surface area contributed by atoms with Crippen LogP contribution in [0.2, 0.25) is 0 Å². The Bertz CT molecular complexity index is 548. The molecule has 0 amide bonds. The molecule has 1 aromatic heterocycles. The van der Waals surface area contributed by atoms with Crippen LogP contribution in [0.1, 0.15) is 41.2 Å². The molecule has 4 nitrogen and oxygen atoms in total. The Balaban J connectivity index is 2.20. The van der Waals surface area contributed by atoms with E-state index in [2.05, 4.69) is 17.2 Å². The number of hydrogen-bond donors (Lipinski definition) is 1. The monoisotopic (exact) mass is 307 g/mol. The third-order valence-electron chi connectivity index (χ3n) is 3.17. The second-order valence-electron chi connectivity index (χ2n) is 5.30. The van der Waals surface area contributed by atoms with E-state index in [-0.39, 0.29) is 5.97 Å². The van der Waals surface area contributed by atoms with E-state index in [4.69, 9.17) is 9.47 Å². The van der Waals surface area contributed by atoms with E-state index in [0.717, 1.165) is 36.6 Å². The summed E-state index contributed by atoms with van der Waals surface area (Å²) in [6.45, 7) is 5.61. The number of rotatable bonds is 3. The van der Waals surface area contributed by atoms with Crippen molar-refractivity contribution < 1.29 is 14.3 Å². The predicted octanol–water partition coefficient (Wildman–Crippen LogP) is 3.13. The van der Waals surface area contributed by atoms with Gasteiger partial charge in [-0.25, -0.2) is 4.79 Å². The molecule has 1 aromatic rings. The van der Waals surface area contributed by atoms with Crippen molar-refractivity contribution >= 4 is 23.0 Å². The van der Waals surface area contributed by atoms with Gasteiger partial charge in [0.2, 0.25) is 0 Å². The maximum atomic E-state index is 11.9. The summed E-state index contributed by atoms with van der Waals surface area (Å²) in [6.07, 6.45) is 1.90. The summed E-state index contributed by atoms with van der Waals surface area (Å²) in [7, 11) is 1.40. The van der Waals surface area contributed by atoms with Crippen LogP contribution >= 0.6 is 11.3 Å². The van der Waals surface area contributed by atoms with Crippen LogP contribution in [0.25, 0.3) is 0 Å². The van der Waals surface area contributed by atoms with Gasteiger partial charge in [0.05, 0.1) is 17.7 Å². The zero-order chi connectivity index (χ0) is 15.2. The Morgan fingerprint density at radius 1 is 1.48 bits per heavy atom. The normalized spacial score (nSPS) is 15.4. The second kappa shape index (κ2) is 7.48.